The van der Waals surface area contributed by atoms with Gasteiger partial charge in [-0.1, -0.05) is 41.4 Å². The Labute approximate surface area is 190 Å². The number of benzene rings is 3. The molecule has 0 atom stereocenters. The van der Waals surface area contributed by atoms with Crippen molar-refractivity contribution in [2.75, 3.05) is 6.54 Å². The zero-order valence-corrected chi connectivity index (χ0v) is 17.9. The first-order valence-corrected chi connectivity index (χ1v) is 10.0. The minimum Gasteiger partial charge on any atom is -0.422 e. The molecule has 0 unspecified atom stereocenters. The number of hydrogen-bond donors (Lipinski definition) is 2. The van der Waals surface area contributed by atoms with Gasteiger partial charge in [0.05, 0.1) is 18.3 Å². The van der Waals surface area contributed by atoms with Gasteiger partial charge in [-0.25, -0.2) is 10.2 Å². The highest BCUT2D eigenvalue weighted by molar-refractivity contribution is 6.30. The Kier molecular flexibility index (Phi) is 7.72. The van der Waals surface area contributed by atoms with E-state index in [0.29, 0.717) is 21.7 Å². The molecule has 0 aliphatic rings. The second-order valence-electron chi connectivity index (χ2n) is 6.78. The number of hydrogen-bond acceptors (Lipinski definition) is 5. The van der Waals surface area contributed by atoms with Crippen molar-refractivity contribution in [3.8, 4) is 5.75 Å². The van der Waals surface area contributed by atoms with Crippen LogP contribution in [0.25, 0.3) is 0 Å². The van der Waals surface area contributed by atoms with E-state index in [1.54, 1.807) is 66.7 Å². The normalized spacial score (nSPS) is 10.6. The van der Waals surface area contributed by atoms with E-state index >= 15 is 0 Å². The van der Waals surface area contributed by atoms with E-state index in [0.717, 1.165) is 5.56 Å². The monoisotopic (exact) mass is 449 g/mol. The van der Waals surface area contributed by atoms with Crippen molar-refractivity contribution >= 4 is 35.6 Å². The molecule has 3 aromatic rings. The second kappa shape index (κ2) is 10.9. The van der Waals surface area contributed by atoms with Crippen molar-refractivity contribution in [2.45, 2.75) is 6.92 Å². The lowest BCUT2D eigenvalue weighted by atomic mass is 10.1. The Morgan fingerprint density at radius 2 is 1.72 bits per heavy atom. The maximum Gasteiger partial charge on any atom is 0.343 e. The predicted octanol–water partition coefficient (Wildman–Crippen LogP) is 3.75. The van der Waals surface area contributed by atoms with Crippen molar-refractivity contribution in [3.05, 3.63) is 100 Å². The van der Waals surface area contributed by atoms with Crippen LogP contribution in [0.2, 0.25) is 5.02 Å². The van der Waals surface area contributed by atoms with Crippen LogP contribution in [0.1, 0.15) is 31.8 Å². The molecule has 0 saturated carbocycles. The Balaban J connectivity index is 1.55. The van der Waals surface area contributed by atoms with Crippen molar-refractivity contribution in [3.63, 3.8) is 0 Å². The number of nitrogens with zero attached hydrogens (tertiary/aromatic N) is 1. The summed E-state index contributed by atoms with van der Waals surface area (Å²) in [6, 6.07) is 20.1. The summed E-state index contributed by atoms with van der Waals surface area (Å²) >= 11 is 5.83. The van der Waals surface area contributed by atoms with Crippen LogP contribution >= 0.6 is 11.6 Å². The number of aryl methyl sites for hydroxylation is 1. The summed E-state index contributed by atoms with van der Waals surface area (Å²) in [5.74, 6) is -1.13. The number of nitrogens with one attached hydrogen (secondary N) is 2. The maximum atomic E-state index is 12.3. The molecule has 0 saturated heterocycles. The Morgan fingerprint density at radius 1 is 0.969 bits per heavy atom. The average Bonchev–Trinajstić information content (AvgIpc) is 2.79. The van der Waals surface area contributed by atoms with Crippen LogP contribution in [0.3, 0.4) is 0 Å². The standard InChI is InChI=1S/C24H20ClN3O4/c1-16-5-4-7-18(13-16)23(30)26-15-22(29)28-27-14-19-6-2-3-8-21(19)32-24(31)17-9-11-20(25)12-10-17/h2-14H,15H2,1H3,(H,26,30)(H,28,29)/b27-14+. The Bertz CT molecular complexity index is 1160. The number of para-hydroxylation sites is 1. The molecular weight excluding hydrogens is 430 g/mol. The zero-order valence-electron chi connectivity index (χ0n) is 17.2. The predicted molar refractivity (Wildman–Crippen MR) is 122 cm³/mol. The van der Waals surface area contributed by atoms with Gasteiger partial charge in [0.25, 0.3) is 11.8 Å². The number of carbonyl (C=O) groups excluding carboxylic acids is 3. The summed E-state index contributed by atoms with van der Waals surface area (Å²) in [6.45, 7) is 1.64. The number of halogens is 1. The van der Waals surface area contributed by atoms with E-state index in [-0.39, 0.29) is 18.2 Å². The summed E-state index contributed by atoms with van der Waals surface area (Å²) in [4.78, 5) is 36.4. The van der Waals surface area contributed by atoms with Gasteiger partial charge < -0.3 is 10.1 Å². The molecule has 32 heavy (non-hydrogen) atoms. The second-order valence-corrected chi connectivity index (χ2v) is 7.22. The Morgan fingerprint density at radius 3 is 2.47 bits per heavy atom. The molecule has 7 nitrogen and oxygen atoms in total. The molecule has 3 aromatic carbocycles. The quantitative estimate of drug-likeness (QED) is 0.248. The fraction of sp³-hybridized carbons (Fsp3) is 0.0833. The molecule has 0 aliphatic heterocycles. The summed E-state index contributed by atoms with van der Waals surface area (Å²) in [7, 11) is 0. The summed E-state index contributed by atoms with van der Waals surface area (Å²) in [5.41, 5.74) is 4.58. The van der Waals surface area contributed by atoms with Crippen molar-refractivity contribution in [1.29, 1.82) is 0 Å². The van der Waals surface area contributed by atoms with Gasteiger partial charge in [0, 0.05) is 16.1 Å². The van der Waals surface area contributed by atoms with Gasteiger partial charge in [-0.2, -0.15) is 5.10 Å². The first-order valence-electron chi connectivity index (χ1n) is 9.66. The van der Waals surface area contributed by atoms with Crippen LogP contribution in [0.4, 0.5) is 0 Å². The molecule has 3 rings (SSSR count). The van der Waals surface area contributed by atoms with Crippen LogP contribution in [0.5, 0.6) is 5.75 Å². The third-order valence-corrected chi connectivity index (χ3v) is 4.54. The smallest absolute Gasteiger partial charge is 0.343 e. The summed E-state index contributed by atoms with van der Waals surface area (Å²) in [5, 5.41) is 6.92. The SMILES string of the molecule is Cc1cccc(C(=O)NCC(=O)N/N=C/c2ccccc2OC(=O)c2ccc(Cl)cc2)c1. The van der Waals surface area contributed by atoms with Gasteiger partial charge in [0.15, 0.2) is 0 Å². The maximum absolute atomic E-state index is 12.3. The fourth-order valence-electron chi connectivity index (χ4n) is 2.69. The zero-order chi connectivity index (χ0) is 22.9. The van der Waals surface area contributed by atoms with Crippen LogP contribution < -0.4 is 15.5 Å². The molecule has 0 radical (unpaired) electrons. The average molecular weight is 450 g/mol. The van der Waals surface area contributed by atoms with Crippen LogP contribution in [0, 0.1) is 6.92 Å². The number of ether oxygens (including phenoxy) is 1. The first kappa shape index (κ1) is 22.7. The van der Waals surface area contributed by atoms with Crippen LogP contribution in [-0.4, -0.2) is 30.5 Å². The molecule has 0 bridgehead atoms. The van der Waals surface area contributed by atoms with Crippen LogP contribution in [0.15, 0.2) is 77.9 Å². The van der Waals surface area contributed by atoms with Gasteiger partial charge in [-0.3, -0.25) is 9.59 Å². The van der Waals surface area contributed by atoms with Crippen LogP contribution in [-0.2, 0) is 4.79 Å². The summed E-state index contributed by atoms with van der Waals surface area (Å²) in [6.07, 6.45) is 1.35. The third-order valence-electron chi connectivity index (χ3n) is 4.28. The van der Waals surface area contributed by atoms with E-state index in [2.05, 4.69) is 15.8 Å². The molecule has 162 valence electrons. The van der Waals surface area contributed by atoms with E-state index < -0.39 is 11.9 Å². The van der Waals surface area contributed by atoms with Gasteiger partial charge in [-0.05, 0) is 55.5 Å². The number of amides is 2. The van der Waals surface area contributed by atoms with Gasteiger partial charge >= 0.3 is 5.97 Å². The third kappa shape index (κ3) is 6.52. The number of esters is 1. The minimum atomic E-state index is -0.551. The topological polar surface area (TPSA) is 96.9 Å². The molecular formula is C24H20ClN3O4. The molecule has 0 aromatic heterocycles. The van der Waals surface area contributed by atoms with Gasteiger partial charge in [0.1, 0.15) is 5.75 Å². The van der Waals surface area contributed by atoms with Crippen molar-refractivity contribution < 1.29 is 19.1 Å². The highest BCUT2D eigenvalue weighted by Gasteiger charge is 2.11. The van der Waals surface area contributed by atoms with Crippen molar-refractivity contribution in [1.82, 2.24) is 10.7 Å². The largest absolute Gasteiger partial charge is 0.422 e. The highest BCUT2D eigenvalue weighted by Crippen LogP contribution is 2.18. The highest BCUT2D eigenvalue weighted by atomic mass is 35.5. The number of rotatable bonds is 7. The molecule has 0 heterocycles. The lowest BCUT2D eigenvalue weighted by molar-refractivity contribution is -0.120. The Hall–Kier alpha value is -3.97. The number of carbonyl (C=O) groups is 3. The lowest BCUT2D eigenvalue weighted by Gasteiger charge is -2.07. The fourth-order valence-corrected chi connectivity index (χ4v) is 2.81. The van der Waals surface area contributed by atoms with E-state index in [1.165, 1.54) is 6.21 Å². The minimum absolute atomic E-state index is 0.239. The van der Waals surface area contributed by atoms with Gasteiger partial charge in [0.2, 0.25) is 0 Å². The molecule has 0 fully saturated rings. The van der Waals surface area contributed by atoms with E-state index in [4.69, 9.17) is 16.3 Å². The number of hydrazone groups is 1. The molecule has 2 amide bonds. The van der Waals surface area contributed by atoms with E-state index in [9.17, 15) is 14.4 Å². The molecule has 8 heteroatoms. The molecule has 0 spiro atoms. The van der Waals surface area contributed by atoms with E-state index in [1.807, 2.05) is 13.0 Å². The molecule has 0 aliphatic carbocycles. The lowest BCUT2D eigenvalue weighted by Crippen LogP contribution is -2.34. The van der Waals surface area contributed by atoms with Crippen molar-refractivity contribution in [2.24, 2.45) is 5.10 Å². The van der Waals surface area contributed by atoms with Gasteiger partial charge in [-0.15, -0.1) is 0 Å². The first-order chi connectivity index (χ1) is 15.4. The molecule has 2 N–H and O–H groups in total. The summed E-state index contributed by atoms with van der Waals surface area (Å²) < 4.78 is 5.42.